The molecule has 0 saturated carbocycles. The highest BCUT2D eigenvalue weighted by Gasteiger charge is 2.30. The van der Waals surface area contributed by atoms with Gasteiger partial charge in [0, 0.05) is 25.0 Å². The Kier molecular flexibility index (Phi) is 9.30. The normalized spacial score (nSPS) is 12.2. The summed E-state index contributed by atoms with van der Waals surface area (Å²) in [4.78, 5) is 18.9. The van der Waals surface area contributed by atoms with Gasteiger partial charge in [0.2, 0.25) is 0 Å². The second-order valence-corrected chi connectivity index (χ2v) is 11.0. The Hall–Kier alpha value is -2.71. The highest BCUT2D eigenvalue weighted by Crippen LogP contribution is 2.30. The van der Waals surface area contributed by atoms with E-state index >= 15 is 0 Å². The molecule has 0 atom stereocenters. The van der Waals surface area contributed by atoms with Gasteiger partial charge in [-0.3, -0.25) is 9.69 Å². The van der Waals surface area contributed by atoms with Crippen molar-refractivity contribution in [2.24, 2.45) is 0 Å². The third-order valence-electron chi connectivity index (χ3n) is 5.85. The van der Waals surface area contributed by atoms with Gasteiger partial charge in [0.1, 0.15) is 10.7 Å². The van der Waals surface area contributed by atoms with Crippen molar-refractivity contribution in [2.75, 3.05) is 6.54 Å². The molecule has 1 heterocycles. The number of thiazole rings is 1. The van der Waals surface area contributed by atoms with Gasteiger partial charge in [0.15, 0.2) is 0 Å². The fourth-order valence-corrected chi connectivity index (χ4v) is 4.60. The lowest BCUT2D eigenvalue weighted by Gasteiger charge is -2.23. The van der Waals surface area contributed by atoms with Crippen molar-refractivity contribution in [1.82, 2.24) is 15.2 Å². The van der Waals surface area contributed by atoms with Gasteiger partial charge in [-0.1, -0.05) is 76.6 Å². The van der Waals surface area contributed by atoms with Crippen molar-refractivity contribution in [1.29, 1.82) is 0 Å². The number of unbranched alkanes of at least 4 members (excludes halogenated alkanes) is 1. The van der Waals surface area contributed by atoms with Crippen LogP contribution >= 0.6 is 11.3 Å². The molecule has 3 aromatic rings. The van der Waals surface area contributed by atoms with Crippen LogP contribution in [0.25, 0.3) is 0 Å². The number of amides is 1. The first-order valence-electron chi connectivity index (χ1n) is 12.2. The second-order valence-electron chi connectivity index (χ2n) is 10.0. The number of carbonyl (C=O) groups is 1. The molecule has 0 bridgehead atoms. The Morgan fingerprint density at radius 1 is 0.972 bits per heavy atom. The van der Waals surface area contributed by atoms with Crippen molar-refractivity contribution in [3.05, 3.63) is 86.9 Å². The van der Waals surface area contributed by atoms with Crippen molar-refractivity contribution in [2.45, 2.75) is 71.8 Å². The first-order chi connectivity index (χ1) is 17.0. The molecule has 4 nitrogen and oxygen atoms in total. The molecule has 3 rings (SSSR count). The minimum Gasteiger partial charge on any atom is -0.351 e. The van der Waals surface area contributed by atoms with E-state index in [-0.39, 0.29) is 11.3 Å². The number of nitrogens with zero attached hydrogens (tertiary/aromatic N) is 2. The van der Waals surface area contributed by atoms with Crippen LogP contribution < -0.4 is 5.32 Å². The minimum atomic E-state index is -4.39. The van der Waals surface area contributed by atoms with E-state index in [9.17, 15) is 18.0 Å². The minimum absolute atomic E-state index is 0.0330. The van der Waals surface area contributed by atoms with Gasteiger partial charge < -0.3 is 5.32 Å². The molecule has 0 unspecified atom stereocenters. The van der Waals surface area contributed by atoms with E-state index in [1.54, 1.807) is 11.4 Å². The van der Waals surface area contributed by atoms with Crippen LogP contribution in [0.3, 0.4) is 0 Å². The van der Waals surface area contributed by atoms with Crippen LogP contribution in [0.5, 0.6) is 0 Å². The lowest BCUT2D eigenvalue weighted by atomic mass is 9.87. The lowest BCUT2D eigenvalue weighted by Crippen LogP contribution is -2.25. The van der Waals surface area contributed by atoms with Crippen LogP contribution in [0.15, 0.2) is 53.9 Å². The zero-order valence-electron chi connectivity index (χ0n) is 21.3. The second kappa shape index (κ2) is 12.0. The molecule has 1 amide bonds. The number of hydrogen-bond acceptors (Lipinski definition) is 4. The predicted octanol–water partition coefficient (Wildman–Crippen LogP) is 7.19. The summed E-state index contributed by atoms with van der Waals surface area (Å²) in [5.74, 6) is -0.201. The number of halogens is 3. The molecule has 2 aromatic carbocycles. The van der Waals surface area contributed by atoms with E-state index in [1.807, 2.05) is 0 Å². The Bertz CT molecular complexity index is 1130. The fourth-order valence-electron chi connectivity index (χ4n) is 3.79. The van der Waals surface area contributed by atoms with E-state index in [1.165, 1.54) is 29.0 Å². The molecule has 0 aliphatic carbocycles. The van der Waals surface area contributed by atoms with Crippen molar-refractivity contribution >= 4 is 17.2 Å². The molecule has 36 heavy (non-hydrogen) atoms. The summed E-state index contributed by atoms with van der Waals surface area (Å²) in [6, 6.07) is 13.8. The number of rotatable bonds is 10. The molecule has 0 aliphatic heterocycles. The number of benzene rings is 2. The standard InChI is InChI=1S/C28H34F3N3OS/c1-5-6-14-32-26(35)24-19-36-25(33-24)18-34(16-20-10-12-22(13-11-20)27(2,3)4)17-21-8-7-9-23(15-21)28(29,30)31/h7-13,15,19H,5-6,14,16-18H2,1-4H3,(H,32,35). The number of nitrogens with one attached hydrogen (secondary N) is 1. The van der Waals surface area contributed by atoms with Gasteiger partial charge >= 0.3 is 6.18 Å². The molecule has 0 spiro atoms. The monoisotopic (exact) mass is 517 g/mol. The third kappa shape index (κ3) is 8.17. The Labute approximate surface area is 215 Å². The largest absolute Gasteiger partial charge is 0.416 e. The summed E-state index contributed by atoms with van der Waals surface area (Å²) in [7, 11) is 0. The summed E-state index contributed by atoms with van der Waals surface area (Å²) >= 11 is 1.39. The van der Waals surface area contributed by atoms with E-state index in [0.29, 0.717) is 37.4 Å². The third-order valence-corrected chi connectivity index (χ3v) is 6.68. The van der Waals surface area contributed by atoms with Crippen molar-refractivity contribution < 1.29 is 18.0 Å². The summed E-state index contributed by atoms with van der Waals surface area (Å²) in [5, 5.41) is 5.35. The van der Waals surface area contributed by atoms with E-state index < -0.39 is 11.7 Å². The molecule has 1 N–H and O–H groups in total. The lowest BCUT2D eigenvalue weighted by molar-refractivity contribution is -0.137. The van der Waals surface area contributed by atoms with E-state index in [4.69, 9.17) is 0 Å². The quantitative estimate of drug-likeness (QED) is 0.290. The van der Waals surface area contributed by atoms with Gasteiger partial charge in [0.05, 0.1) is 12.1 Å². The summed E-state index contributed by atoms with van der Waals surface area (Å²) < 4.78 is 39.8. The SMILES string of the molecule is CCCCNC(=O)c1csc(CN(Cc2ccc(C(C)(C)C)cc2)Cc2cccc(C(F)(F)F)c2)n1. The molecular weight excluding hydrogens is 483 g/mol. The Balaban J connectivity index is 1.80. The van der Waals surface area contributed by atoms with Crippen LogP contribution in [0.2, 0.25) is 0 Å². The van der Waals surface area contributed by atoms with Crippen LogP contribution in [-0.4, -0.2) is 22.3 Å². The van der Waals surface area contributed by atoms with Crippen LogP contribution in [0, 0.1) is 0 Å². The first-order valence-corrected chi connectivity index (χ1v) is 13.0. The summed E-state index contributed by atoms with van der Waals surface area (Å²) in [6.45, 7) is 10.4. The van der Waals surface area contributed by atoms with E-state index in [2.05, 4.69) is 67.2 Å². The smallest absolute Gasteiger partial charge is 0.351 e. The number of aromatic nitrogens is 1. The number of alkyl halides is 3. The highest BCUT2D eigenvalue weighted by molar-refractivity contribution is 7.09. The maximum absolute atomic E-state index is 13.3. The van der Waals surface area contributed by atoms with Gasteiger partial charge in [-0.05, 0) is 34.6 Å². The maximum Gasteiger partial charge on any atom is 0.416 e. The highest BCUT2D eigenvalue weighted by atomic mass is 32.1. The molecule has 0 radical (unpaired) electrons. The van der Waals surface area contributed by atoms with E-state index in [0.717, 1.165) is 29.5 Å². The van der Waals surface area contributed by atoms with Crippen LogP contribution in [0.1, 0.15) is 78.3 Å². The van der Waals surface area contributed by atoms with Gasteiger partial charge in [-0.25, -0.2) is 4.98 Å². The Morgan fingerprint density at radius 2 is 1.67 bits per heavy atom. The van der Waals surface area contributed by atoms with Gasteiger partial charge in [-0.2, -0.15) is 13.2 Å². The van der Waals surface area contributed by atoms with Gasteiger partial charge in [-0.15, -0.1) is 11.3 Å². The molecule has 8 heteroatoms. The van der Waals surface area contributed by atoms with Crippen molar-refractivity contribution in [3.63, 3.8) is 0 Å². The molecule has 0 fully saturated rings. The molecule has 194 valence electrons. The average Bonchev–Trinajstić information content (AvgIpc) is 3.27. The Morgan fingerprint density at radius 3 is 2.31 bits per heavy atom. The zero-order valence-corrected chi connectivity index (χ0v) is 22.1. The molecular formula is C28H34F3N3OS. The molecule has 1 aromatic heterocycles. The summed E-state index contributed by atoms with van der Waals surface area (Å²) in [6.07, 6.45) is -2.50. The zero-order chi connectivity index (χ0) is 26.3. The maximum atomic E-state index is 13.3. The van der Waals surface area contributed by atoms with Crippen LogP contribution in [0.4, 0.5) is 13.2 Å². The predicted molar refractivity (Wildman–Crippen MR) is 139 cm³/mol. The molecule has 0 saturated heterocycles. The summed E-state index contributed by atoms with van der Waals surface area (Å²) in [5.41, 5.74) is 2.60. The fraction of sp³-hybridized carbons (Fsp3) is 0.429. The molecule has 0 aliphatic rings. The van der Waals surface area contributed by atoms with Crippen LogP contribution in [-0.2, 0) is 31.2 Å². The average molecular weight is 518 g/mol. The van der Waals surface area contributed by atoms with Crippen molar-refractivity contribution in [3.8, 4) is 0 Å². The number of hydrogen-bond donors (Lipinski definition) is 1. The first kappa shape index (κ1) is 27.9. The topological polar surface area (TPSA) is 45.2 Å². The number of carbonyl (C=O) groups excluding carboxylic acids is 1. The van der Waals surface area contributed by atoms with Gasteiger partial charge in [0.25, 0.3) is 5.91 Å².